The van der Waals surface area contributed by atoms with Crippen LogP contribution >= 0.6 is 11.3 Å². The van der Waals surface area contributed by atoms with E-state index in [1.807, 2.05) is 23.9 Å². The first-order chi connectivity index (χ1) is 10.4. The van der Waals surface area contributed by atoms with Gasteiger partial charge in [0.2, 0.25) is 0 Å². The first-order valence-corrected chi connectivity index (χ1v) is 8.46. The Kier molecular flexibility index (Phi) is 2.41. The minimum Gasteiger partial charge on any atom is -0.322 e. The van der Waals surface area contributed by atoms with Crippen LogP contribution in [0.3, 0.4) is 0 Å². The van der Waals surface area contributed by atoms with Crippen molar-refractivity contribution in [3.05, 3.63) is 64.2 Å². The Labute approximate surface area is 128 Å². The quantitative estimate of drug-likeness (QED) is 0.653. The fraction of sp³-hybridized carbons (Fsp3) is 0.278. The number of aryl methyl sites for hydroxylation is 1. The van der Waals surface area contributed by atoms with Gasteiger partial charge in [-0.1, -0.05) is 24.3 Å². The fourth-order valence-electron chi connectivity index (χ4n) is 4.06. The van der Waals surface area contributed by atoms with E-state index in [1.165, 1.54) is 35.4 Å². The van der Waals surface area contributed by atoms with Gasteiger partial charge in [-0.2, -0.15) is 0 Å². The number of hydrogen-bond acceptors (Lipinski definition) is 2. The van der Waals surface area contributed by atoms with Crippen LogP contribution in [0.5, 0.6) is 0 Å². The van der Waals surface area contributed by atoms with Gasteiger partial charge in [-0.15, -0.1) is 11.3 Å². The second-order valence-corrected chi connectivity index (χ2v) is 7.05. The molecule has 5 rings (SSSR count). The maximum atomic E-state index is 4.38. The second-order valence-electron chi connectivity index (χ2n) is 6.10. The molecule has 2 nitrogen and oxygen atoms in total. The van der Waals surface area contributed by atoms with Crippen molar-refractivity contribution >= 4 is 11.3 Å². The van der Waals surface area contributed by atoms with Gasteiger partial charge in [0.25, 0.3) is 0 Å². The molecule has 0 unspecified atom stereocenters. The summed E-state index contributed by atoms with van der Waals surface area (Å²) in [6.07, 6.45) is 7.71. The van der Waals surface area contributed by atoms with E-state index < -0.39 is 0 Å². The number of fused-ring (bicyclic) bond motifs is 4. The third-order valence-electron chi connectivity index (χ3n) is 5.04. The highest BCUT2D eigenvalue weighted by atomic mass is 32.1. The molecule has 2 aromatic heterocycles. The van der Waals surface area contributed by atoms with Crippen molar-refractivity contribution in [1.82, 2.24) is 9.55 Å². The van der Waals surface area contributed by atoms with Crippen LogP contribution in [0.1, 0.15) is 28.5 Å². The van der Waals surface area contributed by atoms with Crippen molar-refractivity contribution < 1.29 is 0 Å². The molecule has 0 N–H and O–H groups in total. The highest BCUT2D eigenvalue weighted by molar-refractivity contribution is 7.10. The number of benzene rings is 1. The minimum absolute atomic E-state index is 0.492. The Bertz CT molecular complexity index is 774. The number of imidazole rings is 1. The lowest BCUT2D eigenvalue weighted by Crippen LogP contribution is -2.23. The van der Waals surface area contributed by atoms with Gasteiger partial charge in [-0.3, -0.25) is 0 Å². The zero-order chi connectivity index (χ0) is 13.8. The van der Waals surface area contributed by atoms with Crippen LogP contribution in [0.2, 0.25) is 0 Å². The topological polar surface area (TPSA) is 17.8 Å². The number of aromatic nitrogens is 2. The molecule has 2 atom stereocenters. The molecule has 104 valence electrons. The van der Waals surface area contributed by atoms with Crippen LogP contribution in [-0.4, -0.2) is 9.55 Å². The van der Waals surface area contributed by atoms with Crippen LogP contribution in [0.15, 0.2) is 48.2 Å². The van der Waals surface area contributed by atoms with Crippen molar-refractivity contribution in [3.8, 4) is 11.3 Å². The summed E-state index contributed by atoms with van der Waals surface area (Å²) in [6, 6.07) is 11.7. The molecule has 0 bridgehead atoms. The van der Waals surface area contributed by atoms with Crippen LogP contribution in [0.25, 0.3) is 11.3 Å². The summed E-state index contributed by atoms with van der Waals surface area (Å²) in [6.45, 7) is 0. The van der Waals surface area contributed by atoms with Crippen molar-refractivity contribution in [3.63, 3.8) is 0 Å². The molecule has 0 spiro atoms. The lowest BCUT2D eigenvalue weighted by molar-refractivity contribution is 0.351. The smallest absolute Gasteiger partial charge is 0.0957 e. The van der Waals surface area contributed by atoms with E-state index in [0.29, 0.717) is 12.0 Å². The highest BCUT2D eigenvalue weighted by Gasteiger charge is 2.36. The SMILES string of the molecule is c1ccc2c(c1)CC[C@@H]([C@@H]1c3sccc3-c3cncn31)C2. The standard InChI is InChI=1S/C18H16N2S/c1-2-4-13-9-14(6-5-12(13)3-1)17-18-15(7-8-21-18)16-10-19-11-20(16)17/h1-4,7-8,10-11,14,17H,5-6,9H2/t14-,17-/m1/s1. The minimum atomic E-state index is 0.492. The summed E-state index contributed by atoms with van der Waals surface area (Å²) in [7, 11) is 0. The van der Waals surface area contributed by atoms with Crippen LogP contribution in [0, 0.1) is 5.92 Å². The first-order valence-electron chi connectivity index (χ1n) is 7.58. The first kappa shape index (κ1) is 11.8. The molecule has 1 aromatic carbocycles. The van der Waals surface area contributed by atoms with Crippen LogP contribution < -0.4 is 0 Å². The molecular weight excluding hydrogens is 276 g/mol. The van der Waals surface area contributed by atoms with E-state index in [9.17, 15) is 0 Å². The van der Waals surface area contributed by atoms with E-state index in [-0.39, 0.29) is 0 Å². The number of rotatable bonds is 1. The van der Waals surface area contributed by atoms with Gasteiger partial charge in [0, 0.05) is 10.4 Å². The normalized spacial score (nSPS) is 22.7. The molecule has 0 saturated carbocycles. The molecule has 0 amide bonds. The third kappa shape index (κ3) is 1.61. The lowest BCUT2D eigenvalue weighted by Gasteiger charge is -2.30. The molecule has 21 heavy (non-hydrogen) atoms. The average Bonchev–Trinajstić information content (AvgIpc) is 3.19. The maximum Gasteiger partial charge on any atom is 0.0957 e. The Hall–Kier alpha value is -1.87. The van der Waals surface area contributed by atoms with Gasteiger partial charge >= 0.3 is 0 Å². The van der Waals surface area contributed by atoms with Crippen molar-refractivity contribution in [2.45, 2.75) is 25.3 Å². The third-order valence-corrected chi connectivity index (χ3v) is 6.02. The summed E-state index contributed by atoms with van der Waals surface area (Å²) < 4.78 is 2.40. The van der Waals surface area contributed by atoms with Gasteiger partial charge in [0.1, 0.15) is 0 Å². The van der Waals surface area contributed by atoms with E-state index in [0.717, 1.165) is 0 Å². The molecule has 0 fully saturated rings. The maximum absolute atomic E-state index is 4.38. The summed E-state index contributed by atoms with van der Waals surface area (Å²) in [5, 5.41) is 2.23. The van der Waals surface area contributed by atoms with Crippen molar-refractivity contribution in [1.29, 1.82) is 0 Å². The van der Waals surface area contributed by atoms with Crippen LogP contribution in [-0.2, 0) is 12.8 Å². The Balaban J connectivity index is 1.58. The molecule has 0 radical (unpaired) electrons. The summed E-state index contributed by atoms with van der Waals surface area (Å²) in [5.41, 5.74) is 5.79. The highest BCUT2D eigenvalue weighted by Crippen LogP contribution is 2.48. The largest absolute Gasteiger partial charge is 0.322 e. The van der Waals surface area contributed by atoms with Crippen molar-refractivity contribution in [2.75, 3.05) is 0 Å². The van der Waals surface area contributed by atoms with Gasteiger partial charge in [0.15, 0.2) is 0 Å². The Morgan fingerprint density at radius 1 is 1.14 bits per heavy atom. The molecule has 2 aliphatic rings. The Morgan fingerprint density at radius 3 is 3.00 bits per heavy atom. The summed E-state index contributed by atoms with van der Waals surface area (Å²) in [5.74, 6) is 0.688. The molecule has 3 aromatic rings. The predicted octanol–water partition coefficient (Wildman–Crippen LogP) is 4.32. The van der Waals surface area contributed by atoms with E-state index >= 15 is 0 Å². The van der Waals surface area contributed by atoms with Gasteiger partial charge in [-0.05, 0) is 47.8 Å². The summed E-state index contributed by atoms with van der Waals surface area (Å²) in [4.78, 5) is 5.92. The van der Waals surface area contributed by atoms with Crippen molar-refractivity contribution in [2.24, 2.45) is 5.92 Å². The Morgan fingerprint density at radius 2 is 2.05 bits per heavy atom. The lowest BCUT2D eigenvalue weighted by atomic mass is 9.80. The van der Waals surface area contributed by atoms with E-state index in [2.05, 4.69) is 45.3 Å². The molecule has 0 saturated heterocycles. The fourth-order valence-corrected chi connectivity index (χ4v) is 5.16. The van der Waals surface area contributed by atoms with E-state index in [1.54, 1.807) is 11.1 Å². The number of hydrogen-bond donors (Lipinski definition) is 0. The number of thiophene rings is 1. The molecule has 1 aliphatic heterocycles. The van der Waals surface area contributed by atoms with Gasteiger partial charge in [0.05, 0.1) is 24.3 Å². The predicted molar refractivity (Wildman–Crippen MR) is 85.6 cm³/mol. The second kappa shape index (κ2) is 4.31. The van der Waals surface area contributed by atoms with Gasteiger partial charge < -0.3 is 4.57 Å². The molecule has 3 heterocycles. The monoisotopic (exact) mass is 292 g/mol. The molecule has 3 heteroatoms. The number of nitrogens with zero attached hydrogens (tertiary/aromatic N) is 2. The average molecular weight is 292 g/mol. The molecular formula is C18H16N2S. The zero-order valence-electron chi connectivity index (χ0n) is 11.7. The zero-order valence-corrected chi connectivity index (χ0v) is 12.5. The molecule has 1 aliphatic carbocycles. The summed E-state index contributed by atoms with van der Waals surface area (Å²) >= 11 is 1.91. The van der Waals surface area contributed by atoms with E-state index in [4.69, 9.17) is 0 Å². The van der Waals surface area contributed by atoms with Gasteiger partial charge in [-0.25, -0.2) is 4.98 Å². The van der Waals surface area contributed by atoms with Crippen LogP contribution in [0.4, 0.5) is 0 Å².